The summed E-state index contributed by atoms with van der Waals surface area (Å²) in [7, 11) is 0. The second-order valence-corrected chi connectivity index (χ2v) is 6.03. The van der Waals surface area contributed by atoms with E-state index in [-0.39, 0.29) is 0 Å². The first kappa shape index (κ1) is 11.4. The molecule has 1 aromatic heterocycles. The maximum absolute atomic E-state index is 9.70. The van der Waals surface area contributed by atoms with Crippen LogP contribution in [0.2, 0.25) is 0 Å². The molecule has 3 heterocycles. The Kier molecular flexibility index (Phi) is 2.55. The summed E-state index contributed by atoms with van der Waals surface area (Å²) in [4.78, 5) is 6.00. The Morgan fingerprint density at radius 3 is 3.11 bits per heavy atom. The van der Waals surface area contributed by atoms with Crippen molar-refractivity contribution in [1.29, 1.82) is 0 Å². The predicted molar refractivity (Wildman–Crippen MR) is 76.5 cm³/mol. The van der Waals surface area contributed by atoms with E-state index >= 15 is 0 Å². The number of rotatable bonds is 1. The van der Waals surface area contributed by atoms with Crippen molar-refractivity contribution in [2.45, 2.75) is 37.6 Å². The molecule has 19 heavy (non-hydrogen) atoms. The molecule has 1 aromatic carbocycles. The molecule has 0 spiro atoms. The fourth-order valence-electron chi connectivity index (χ4n) is 3.97. The lowest BCUT2D eigenvalue weighted by Crippen LogP contribution is -2.37. The van der Waals surface area contributed by atoms with Gasteiger partial charge in [0.05, 0.1) is 0 Å². The molecule has 3 nitrogen and oxygen atoms in total. The van der Waals surface area contributed by atoms with Gasteiger partial charge in [0.2, 0.25) is 0 Å². The van der Waals surface area contributed by atoms with Crippen LogP contribution in [0.3, 0.4) is 0 Å². The van der Waals surface area contributed by atoms with Crippen molar-refractivity contribution in [3.8, 4) is 5.75 Å². The first-order valence-corrected chi connectivity index (χ1v) is 7.35. The largest absolute Gasteiger partial charge is 0.508 e. The molecule has 2 aliphatic heterocycles. The lowest BCUT2D eigenvalue weighted by Gasteiger charge is -2.34. The number of aromatic nitrogens is 1. The van der Waals surface area contributed by atoms with Crippen LogP contribution in [0.1, 0.15) is 37.2 Å². The van der Waals surface area contributed by atoms with E-state index in [1.54, 1.807) is 6.07 Å². The van der Waals surface area contributed by atoms with E-state index in [0.717, 1.165) is 11.6 Å². The maximum atomic E-state index is 9.70. The number of aromatic amines is 1. The van der Waals surface area contributed by atoms with Crippen molar-refractivity contribution in [1.82, 2.24) is 9.88 Å². The van der Waals surface area contributed by atoms with Crippen molar-refractivity contribution < 1.29 is 5.11 Å². The molecule has 0 bridgehead atoms. The van der Waals surface area contributed by atoms with E-state index in [9.17, 15) is 5.11 Å². The van der Waals surface area contributed by atoms with Gasteiger partial charge in [0.25, 0.3) is 0 Å². The zero-order valence-corrected chi connectivity index (χ0v) is 11.1. The van der Waals surface area contributed by atoms with Gasteiger partial charge in [-0.15, -0.1) is 0 Å². The van der Waals surface area contributed by atoms with E-state index in [2.05, 4.69) is 16.1 Å². The van der Waals surface area contributed by atoms with Crippen LogP contribution in [-0.4, -0.2) is 34.1 Å². The molecule has 0 amide bonds. The Morgan fingerprint density at radius 2 is 2.16 bits per heavy atom. The highest BCUT2D eigenvalue weighted by Gasteiger charge is 2.33. The summed E-state index contributed by atoms with van der Waals surface area (Å²) in [6.07, 6.45) is 7.41. The maximum Gasteiger partial charge on any atom is 0.116 e. The third-order valence-electron chi connectivity index (χ3n) is 4.96. The summed E-state index contributed by atoms with van der Waals surface area (Å²) < 4.78 is 0. The molecule has 2 aliphatic rings. The van der Waals surface area contributed by atoms with Gasteiger partial charge in [-0.3, -0.25) is 0 Å². The fraction of sp³-hybridized carbons (Fsp3) is 0.500. The number of hydrogen-bond donors (Lipinski definition) is 2. The van der Waals surface area contributed by atoms with Gasteiger partial charge >= 0.3 is 0 Å². The molecule has 2 saturated heterocycles. The quantitative estimate of drug-likeness (QED) is 0.822. The zero-order chi connectivity index (χ0) is 12.8. The van der Waals surface area contributed by atoms with Gasteiger partial charge in [0, 0.05) is 23.1 Å². The van der Waals surface area contributed by atoms with E-state index < -0.39 is 0 Å². The molecule has 2 atom stereocenters. The molecule has 2 N–H and O–H groups in total. The topological polar surface area (TPSA) is 39.3 Å². The minimum Gasteiger partial charge on any atom is -0.508 e. The van der Waals surface area contributed by atoms with Crippen molar-refractivity contribution in [2.75, 3.05) is 13.1 Å². The SMILES string of the molecule is Oc1ccc2[nH]cc(C3CCN4CCCC4C3)c2c1. The summed E-state index contributed by atoms with van der Waals surface area (Å²) >= 11 is 0. The van der Waals surface area contributed by atoms with Gasteiger partial charge < -0.3 is 15.0 Å². The summed E-state index contributed by atoms with van der Waals surface area (Å²) in [5, 5.41) is 10.9. The lowest BCUT2D eigenvalue weighted by atomic mass is 9.85. The smallest absolute Gasteiger partial charge is 0.116 e. The first-order chi connectivity index (χ1) is 9.31. The molecule has 3 heteroatoms. The molecule has 0 aliphatic carbocycles. The van der Waals surface area contributed by atoms with Gasteiger partial charge in [-0.2, -0.15) is 0 Å². The predicted octanol–water partition coefficient (Wildman–Crippen LogP) is 3.22. The van der Waals surface area contributed by atoms with Crippen LogP contribution < -0.4 is 0 Å². The summed E-state index contributed by atoms with van der Waals surface area (Å²) in [5.41, 5.74) is 2.54. The Balaban J connectivity index is 1.68. The number of nitrogens with one attached hydrogen (secondary N) is 1. The van der Waals surface area contributed by atoms with Crippen molar-refractivity contribution in [2.24, 2.45) is 0 Å². The molecule has 4 rings (SSSR count). The average molecular weight is 256 g/mol. The van der Waals surface area contributed by atoms with Crippen LogP contribution in [0, 0.1) is 0 Å². The molecule has 2 fully saturated rings. The number of phenols is 1. The Hall–Kier alpha value is -1.48. The highest BCUT2D eigenvalue weighted by molar-refractivity contribution is 5.85. The summed E-state index contributed by atoms with van der Waals surface area (Å²) in [5.74, 6) is 1.02. The molecule has 100 valence electrons. The number of nitrogens with zero attached hydrogens (tertiary/aromatic N) is 1. The minimum absolute atomic E-state index is 0.367. The van der Waals surface area contributed by atoms with Crippen LogP contribution in [0.15, 0.2) is 24.4 Å². The van der Waals surface area contributed by atoms with E-state index in [4.69, 9.17) is 0 Å². The van der Waals surface area contributed by atoms with Crippen LogP contribution in [0.5, 0.6) is 5.75 Å². The molecule has 2 unspecified atom stereocenters. The van der Waals surface area contributed by atoms with Gasteiger partial charge in [0.15, 0.2) is 0 Å². The van der Waals surface area contributed by atoms with Gasteiger partial charge in [0.1, 0.15) is 5.75 Å². The number of benzene rings is 1. The number of piperidine rings is 1. The first-order valence-electron chi connectivity index (χ1n) is 7.35. The van der Waals surface area contributed by atoms with Gasteiger partial charge in [-0.1, -0.05) is 0 Å². The van der Waals surface area contributed by atoms with Crippen LogP contribution in [-0.2, 0) is 0 Å². The zero-order valence-electron chi connectivity index (χ0n) is 11.1. The number of fused-ring (bicyclic) bond motifs is 2. The normalized spacial score (nSPS) is 27.8. The molecule has 0 radical (unpaired) electrons. The van der Waals surface area contributed by atoms with Crippen molar-refractivity contribution in [3.05, 3.63) is 30.0 Å². The van der Waals surface area contributed by atoms with E-state index in [0.29, 0.717) is 11.7 Å². The second kappa shape index (κ2) is 4.27. The Bertz CT molecular complexity index is 604. The lowest BCUT2D eigenvalue weighted by molar-refractivity contribution is 0.181. The third-order valence-corrected chi connectivity index (χ3v) is 4.96. The second-order valence-electron chi connectivity index (χ2n) is 6.03. The molecule has 2 aromatic rings. The van der Waals surface area contributed by atoms with Crippen molar-refractivity contribution in [3.63, 3.8) is 0 Å². The van der Waals surface area contributed by atoms with Crippen molar-refractivity contribution >= 4 is 10.9 Å². The standard InChI is InChI=1S/C16H20N2O/c19-13-3-4-16-14(9-13)15(10-17-16)11-5-7-18-6-1-2-12(18)8-11/h3-4,9-12,17,19H,1-2,5-8H2. The van der Waals surface area contributed by atoms with Gasteiger partial charge in [-0.05, 0) is 68.5 Å². The van der Waals surface area contributed by atoms with Crippen LogP contribution in [0.25, 0.3) is 10.9 Å². The highest BCUT2D eigenvalue weighted by Crippen LogP contribution is 2.39. The number of phenolic OH excluding ortho intramolecular Hbond substituents is 1. The molecular weight excluding hydrogens is 236 g/mol. The summed E-state index contributed by atoms with van der Waals surface area (Å²) in [6.45, 7) is 2.53. The minimum atomic E-state index is 0.367. The van der Waals surface area contributed by atoms with Crippen LogP contribution >= 0.6 is 0 Å². The number of aromatic hydroxyl groups is 1. The van der Waals surface area contributed by atoms with Gasteiger partial charge in [-0.25, -0.2) is 0 Å². The summed E-state index contributed by atoms with van der Waals surface area (Å²) in [6, 6.07) is 6.42. The van der Waals surface area contributed by atoms with Crippen LogP contribution in [0.4, 0.5) is 0 Å². The third kappa shape index (κ3) is 1.84. The Labute approximate surface area is 113 Å². The molecule has 0 saturated carbocycles. The van der Waals surface area contributed by atoms with E-state index in [1.807, 2.05) is 12.1 Å². The average Bonchev–Trinajstić information content (AvgIpc) is 3.03. The van der Waals surface area contributed by atoms with E-state index in [1.165, 1.54) is 49.7 Å². The number of H-pyrrole nitrogens is 1. The Morgan fingerprint density at radius 1 is 1.21 bits per heavy atom. The number of hydrogen-bond acceptors (Lipinski definition) is 2. The highest BCUT2D eigenvalue weighted by atomic mass is 16.3. The molecular formula is C16H20N2O. The monoisotopic (exact) mass is 256 g/mol. The fourth-order valence-corrected chi connectivity index (χ4v) is 3.97.